The van der Waals surface area contributed by atoms with E-state index in [1.54, 1.807) is 0 Å². The normalized spacial score (nSPS) is 11.7. The van der Waals surface area contributed by atoms with Crippen molar-refractivity contribution < 1.29 is 25.7 Å². The van der Waals surface area contributed by atoms with Gasteiger partial charge in [0.05, 0.1) is 0 Å². The molecular weight excluding hydrogens is 389 g/mol. The molecule has 1 aromatic carbocycles. The van der Waals surface area contributed by atoms with Crippen LogP contribution >= 0.6 is 0 Å². The first kappa shape index (κ1) is 11.0. The van der Waals surface area contributed by atoms with Crippen molar-refractivity contribution in [3.05, 3.63) is 12.1 Å². The Balaban J connectivity index is 0.000000980. The topological polar surface area (TPSA) is 96.5 Å². The van der Waals surface area contributed by atoms with Gasteiger partial charge in [-0.2, -0.15) is 0 Å². The van der Waals surface area contributed by atoms with E-state index in [-0.39, 0.29) is 23.4 Å². The summed E-state index contributed by atoms with van der Waals surface area (Å²) in [6.45, 7) is 0.290. The van der Waals surface area contributed by atoms with Gasteiger partial charge in [0, 0.05) is 0 Å². The van der Waals surface area contributed by atoms with Gasteiger partial charge in [0.15, 0.2) is 0 Å². The zero-order chi connectivity index (χ0) is 9.26. The second kappa shape index (κ2) is 4.44. The number of aromatic hydroxyl groups is 1. The number of carbonyl (C=O) groups excluding carboxylic acids is 1. The maximum absolute atomic E-state index is 10.0. The van der Waals surface area contributed by atoms with E-state index in [2.05, 4.69) is 4.74 Å². The van der Waals surface area contributed by atoms with Gasteiger partial charge in [0.25, 0.3) is 0 Å². The molecule has 75 valence electrons. The zero-order valence-corrected chi connectivity index (χ0v) is 10.2. The summed E-state index contributed by atoms with van der Waals surface area (Å²) in [5.74, 6) is 0.997. The Morgan fingerprint density at radius 2 is 2.21 bits per heavy atom. The fraction of sp³-hybridized carbons (Fsp3) is 0. The summed E-state index contributed by atoms with van der Waals surface area (Å²) < 4.78 is 14.9. The summed E-state index contributed by atoms with van der Waals surface area (Å²) in [5.41, 5.74) is 0. The average molecular weight is 395 g/mol. The first-order valence-corrected chi connectivity index (χ1v) is 6.17. The van der Waals surface area contributed by atoms with Crippen LogP contribution in [0.25, 0.3) is 0 Å². The minimum atomic E-state index is -1.40. The Labute approximate surface area is 91.5 Å². The number of phenols is 1. The molecule has 0 unspecified atom stereocenters. The number of benzene rings is 1. The molecule has 0 fully saturated rings. The SMILES string of the molecule is O.O=COc1cc(O)c2c(c1)[O][Bi][O]2. The summed E-state index contributed by atoms with van der Waals surface area (Å²) in [6, 6.07) is 2.82. The Morgan fingerprint density at radius 1 is 1.43 bits per heavy atom. The van der Waals surface area contributed by atoms with E-state index in [9.17, 15) is 9.90 Å². The fourth-order valence-electron chi connectivity index (χ4n) is 0.942. The van der Waals surface area contributed by atoms with Crippen molar-refractivity contribution >= 4 is 30.6 Å². The number of ether oxygens (including phenoxy) is 1. The molecule has 3 N–H and O–H groups in total. The summed E-state index contributed by atoms with van der Waals surface area (Å²) in [7, 11) is 0. The van der Waals surface area contributed by atoms with Gasteiger partial charge in [0.2, 0.25) is 0 Å². The van der Waals surface area contributed by atoms with Crippen LogP contribution in [-0.2, 0) is 4.79 Å². The molecule has 1 heterocycles. The quantitative estimate of drug-likeness (QED) is 0.534. The van der Waals surface area contributed by atoms with Crippen molar-refractivity contribution in [3.8, 4) is 23.0 Å². The molecule has 0 atom stereocenters. The van der Waals surface area contributed by atoms with Gasteiger partial charge in [-0.15, -0.1) is 0 Å². The van der Waals surface area contributed by atoms with E-state index >= 15 is 0 Å². The molecule has 0 bridgehead atoms. The van der Waals surface area contributed by atoms with Crippen LogP contribution in [0.3, 0.4) is 0 Å². The number of hydrogen-bond acceptors (Lipinski definition) is 5. The third kappa shape index (κ3) is 1.88. The third-order valence-corrected chi connectivity index (χ3v) is 3.51. The van der Waals surface area contributed by atoms with Gasteiger partial charge in [-0.05, 0) is 0 Å². The van der Waals surface area contributed by atoms with Crippen LogP contribution in [-0.4, -0.2) is 41.2 Å². The van der Waals surface area contributed by atoms with E-state index in [4.69, 9.17) is 5.63 Å². The van der Waals surface area contributed by atoms with Crippen molar-refractivity contribution in [1.82, 2.24) is 0 Å². The van der Waals surface area contributed by atoms with Crippen molar-refractivity contribution in [3.63, 3.8) is 0 Å². The second-order valence-electron chi connectivity index (χ2n) is 2.24. The van der Waals surface area contributed by atoms with Crippen LogP contribution in [0.2, 0.25) is 0 Å². The average Bonchev–Trinajstić information content (AvgIpc) is 2.53. The van der Waals surface area contributed by atoms with Crippen LogP contribution < -0.4 is 10.4 Å². The van der Waals surface area contributed by atoms with Crippen molar-refractivity contribution in [2.45, 2.75) is 0 Å². The van der Waals surface area contributed by atoms with Crippen LogP contribution in [0.1, 0.15) is 0 Å². The third-order valence-electron chi connectivity index (χ3n) is 1.46. The van der Waals surface area contributed by atoms with Crippen molar-refractivity contribution in [2.75, 3.05) is 0 Å². The number of hydrogen-bond donors (Lipinski definition) is 1. The van der Waals surface area contributed by atoms with E-state index < -0.39 is 24.1 Å². The summed E-state index contributed by atoms with van der Waals surface area (Å²) in [5, 5.41) is 9.37. The molecule has 0 amide bonds. The first-order valence-electron chi connectivity index (χ1n) is 3.33. The van der Waals surface area contributed by atoms with E-state index in [1.807, 2.05) is 0 Å². The molecular formula is C7H6BiO6. The number of carbonyl (C=O) groups is 1. The maximum atomic E-state index is 10.0. The Bertz CT molecular complexity index is 352. The molecule has 0 saturated heterocycles. The van der Waals surface area contributed by atoms with E-state index in [0.717, 1.165) is 0 Å². The van der Waals surface area contributed by atoms with Gasteiger partial charge in [-0.3, -0.25) is 0 Å². The van der Waals surface area contributed by atoms with Gasteiger partial charge >= 0.3 is 86.0 Å². The predicted molar refractivity (Wildman–Crippen MR) is 45.4 cm³/mol. The molecule has 6 nitrogen and oxygen atoms in total. The Morgan fingerprint density at radius 3 is 2.93 bits per heavy atom. The van der Waals surface area contributed by atoms with Gasteiger partial charge in [0.1, 0.15) is 0 Å². The summed E-state index contributed by atoms with van der Waals surface area (Å²) in [6.07, 6.45) is 0. The molecule has 1 aliphatic rings. The molecule has 1 aliphatic heterocycles. The number of rotatable bonds is 2. The minimum absolute atomic E-state index is 0. The molecule has 0 saturated carbocycles. The number of fused-ring (bicyclic) bond motifs is 1. The van der Waals surface area contributed by atoms with Crippen LogP contribution in [0.5, 0.6) is 23.0 Å². The molecule has 0 spiro atoms. The molecule has 7 heteroatoms. The predicted octanol–water partition coefficient (Wildman–Crippen LogP) is -0.592. The molecule has 0 aromatic heterocycles. The van der Waals surface area contributed by atoms with Crippen LogP contribution in [0.15, 0.2) is 12.1 Å². The fourth-order valence-corrected chi connectivity index (χ4v) is 2.93. The van der Waals surface area contributed by atoms with Gasteiger partial charge in [-0.25, -0.2) is 0 Å². The van der Waals surface area contributed by atoms with Crippen molar-refractivity contribution in [1.29, 1.82) is 0 Å². The number of phenolic OH excluding ortho intramolecular Hbond substituents is 1. The zero-order valence-electron chi connectivity index (χ0n) is 6.76. The molecule has 14 heavy (non-hydrogen) atoms. The standard InChI is InChI=1S/C7H6O5.Bi.H2O/c8-3-12-4-1-5(9)7(11)6(10)2-4;;/h1-3,9-11H;;1H2/q;+2;/p-2. The Kier molecular flexibility index (Phi) is 3.49. The summed E-state index contributed by atoms with van der Waals surface area (Å²) >= 11 is -1.40. The molecule has 1 radical (unpaired) electrons. The van der Waals surface area contributed by atoms with Gasteiger partial charge in [-0.1, -0.05) is 0 Å². The molecule has 0 aliphatic carbocycles. The van der Waals surface area contributed by atoms with E-state index in [0.29, 0.717) is 11.5 Å². The summed E-state index contributed by atoms with van der Waals surface area (Å²) in [4.78, 5) is 10.0. The monoisotopic (exact) mass is 395 g/mol. The van der Waals surface area contributed by atoms with Crippen LogP contribution in [0.4, 0.5) is 0 Å². The Hall–Kier alpha value is -1.07. The van der Waals surface area contributed by atoms with Gasteiger partial charge < -0.3 is 5.48 Å². The molecule has 2 rings (SSSR count). The second-order valence-corrected chi connectivity index (χ2v) is 4.24. The van der Waals surface area contributed by atoms with E-state index in [1.165, 1.54) is 12.1 Å². The molecule has 1 aromatic rings. The van der Waals surface area contributed by atoms with Crippen LogP contribution in [0, 0.1) is 0 Å². The first-order chi connectivity index (χ1) is 6.31. The van der Waals surface area contributed by atoms with Crippen molar-refractivity contribution in [2.24, 2.45) is 0 Å².